The van der Waals surface area contributed by atoms with Crippen molar-refractivity contribution in [1.29, 1.82) is 0 Å². The summed E-state index contributed by atoms with van der Waals surface area (Å²) in [5, 5.41) is 6.42. The van der Waals surface area contributed by atoms with E-state index >= 15 is 0 Å². The van der Waals surface area contributed by atoms with Crippen LogP contribution in [0.15, 0.2) is 0 Å². The second kappa shape index (κ2) is 6.54. The van der Waals surface area contributed by atoms with Crippen LogP contribution in [0.25, 0.3) is 0 Å². The largest absolute Gasteiger partial charge is 0.375 e. The normalized spacial score (nSPS) is 21.5. The molecule has 0 aromatic carbocycles. The maximum absolute atomic E-state index is 5.97. The van der Waals surface area contributed by atoms with E-state index in [4.69, 9.17) is 16.3 Å². The molecule has 1 saturated heterocycles. The standard InChI is InChI=1S/C13H22ClN5O/c1-4-13(5-2)8-9(6-7-20-13)16-12-18-10(14)17-11(15-3)19-12/h9H,4-8H2,1-3H3,(H2,15,16,17,18,19). The number of aromatic nitrogens is 3. The van der Waals surface area contributed by atoms with Crippen LogP contribution < -0.4 is 10.6 Å². The molecule has 1 aliphatic heterocycles. The maximum atomic E-state index is 5.97. The summed E-state index contributed by atoms with van der Waals surface area (Å²) in [5.41, 5.74) is -0.0292. The Balaban J connectivity index is 2.08. The SMILES string of the molecule is CCC1(CC)CC(Nc2nc(Cl)nc(NC)n2)CCO1. The van der Waals surface area contributed by atoms with Gasteiger partial charge in [-0.1, -0.05) is 13.8 Å². The molecular weight excluding hydrogens is 278 g/mol. The quantitative estimate of drug-likeness (QED) is 0.871. The number of rotatable bonds is 5. The van der Waals surface area contributed by atoms with E-state index in [1.54, 1.807) is 7.05 Å². The van der Waals surface area contributed by atoms with Crippen molar-refractivity contribution >= 4 is 23.5 Å². The Morgan fingerprint density at radius 3 is 2.60 bits per heavy atom. The Morgan fingerprint density at radius 1 is 1.25 bits per heavy atom. The van der Waals surface area contributed by atoms with Gasteiger partial charge in [-0.15, -0.1) is 0 Å². The first-order valence-electron chi connectivity index (χ1n) is 7.10. The van der Waals surface area contributed by atoms with Gasteiger partial charge >= 0.3 is 0 Å². The van der Waals surface area contributed by atoms with Crippen LogP contribution in [-0.2, 0) is 4.74 Å². The predicted octanol–water partition coefficient (Wildman–Crippen LogP) is 2.72. The zero-order chi connectivity index (χ0) is 14.6. The van der Waals surface area contributed by atoms with Crippen molar-refractivity contribution in [2.75, 3.05) is 24.3 Å². The summed E-state index contributed by atoms with van der Waals surface area (Å²) in [6.07, 6.45) is 3.93. The van der Waals surface area contributed by atoms with Crippen molar-refractivity contribution in [2.24, 2.45) is 0 Å². The molecule has 1 aromatic rings. The summed E-state index contributed by atoms with van der Waals surface area (Å²) in [6, 6.07) is 0.298. The molecule has 2 rings (SSSR count). The molecule has 2 heterocycles. The first-order valence-corrected chi connectivity index (χ1v) is 7.48. The molecular formula is C13H22ClN5O. The van der Waals surface area contributed by atoms with Crippen LogP contribution in [-0.4, -0.2) is 40.2 Å². The van der Waals surface area contributed by atoms with Crippen LogP contribution in [0.4, 0.5) is 11.9 Å². The van der Waals surface area contributed by atoms with Crippen molar-refractivity contribution in [1.82, 2.24) is 15.0 Å². The number of anilines is 2. The van der Waals surface area contributed by atoms with E-state index in [1.807, 2.05) is 0 Å². The second-order valence-corrected chi connectivity index (χ2v) is 5.41. The summed E-state index contributed by atoms with van der Waals surface area (Å²) in [7, 11) is 1.75. The Morgan fingerprint density at radius 2 is 1.95 bits per heavy atom. The zero-order valence-corrected chi connectivity index (χ0v) is 13.0. The van der Waals surface area contributed by atoms with Crippen molar-refractivity contribution in [3.8, 4) is 0 Å². The molecule has 20 heavy (non-hydrogen) atoms. The lowest BCUT2D eigenvalue weighted by Gasteiger charge is -2.40. The molecule has 1 aromatic heterocycles. The molecule has 1 aliphatic rings. The van der Waals surface area contributed by atoms with Crippen molar-refractivity contribution in [3.63, 3.8) is 0 Å². The van der Waals surface area contributed by atoms with Crippen LogP contribution >= 0.6 is 11.6 Å². The highest BCUT2D eigenvalue weighted by Crippen LogP contribution is 2.32. The lowest BCUT2D eigenvalue weighted by molar-refractivity contribution is -0.0865. The molecule has 112 valence electrons. The molecule has 6 nitrogen and oxygen atoms in total. The molecule has 0 saturated carbocycles. The number of nitrogens with one attached hydrogen (secondary N) is 2. The zero-order valence-electron chi connectivity index (χ0n) is 12.2. The molecule has 0 amide bonds. The first-order chi connectivity index (χ1) is 9.60. The van der Waals surface area contributed by atoms with Gasteiger partial charge in [0.05, 0.1) is 5.60 Å². The molecule has 1 fully saturated rings. The monoisotopic (exact) mass is 299 g/mol. The van der Waals surface area contributed by atoms with Gasteiger partial charge in [0.25, 0.3) is 0 Å². The summed E-state index contributed by atoms with van der Waals surface area (Å²) >= 11 is 5.89. The van der Waals surface area contributed by atoms with Gasteiger partial charge in [-0.2, -0.15) is 15.0 Å². The molecule has 2 N–H and O–H groups in total. The minimum absolute atomic E-state index is 0.0292. The summed E-state index contributed by atoms with van der Waals surface area (Å²) in [4.78, 5) is 12.4. The average Bonchev–Trinajstić information content (AvgIpc) is 2.46. The average molecular weight is 300 g/mol. The Hall–Kier alpha value is -1.14. The molecule has 7 heteroatoms. The van der Waals surface area contributed by atoms with Gasteiger partial charge in [-0.3, -0.25) is 0 Å². The molecule has 0 spiro atoms. The van der Waals surface area contributed by atoms with E-state index in [2.05, 4.69) is 39.4 Å². The minimum Gasteiger partial charge on any atom is -0.375 e. The van der Waals surface area contributed by atoms with Crippen molar-refractivity contribution in [3.05, 3.63) is 5.28 Å². The fourth-order valence-corrected chi connectivity index (χ4v) is 2.76. The van der Waals surface area contributed by atoms with E-state index in [0.717, 1.165) is 32.3 Å². The van der Waals surface area contributed by atoms with E-state index in [-0.39, 0.29) is 10.9 Å². The third-order valence-electron chi connectivity index (χ3n) is 3.95. The fourth-order valence-electron chi connectivity index (χ4n) is 2.60. The van der Waals surface area contributed by atoms with Gasteiger partial charge in [-0.25, -0.2) is 0 Å². The summed E-state index contributed by atoms with van der Waals surface area (Å²) in [6.45, 7) is 5.10. The van der Waals surface area contributed by atoms with E-state index in [9.17, 15) is 0 Å². The van der Waals surface area contributed by atoms with Crippen LogP contribution in [0, 0.1) is 0 Å². The fraction of sp³-hybridized carbons (Fsp3) is 0.769. The Labute approximate surface area is 124 Å². The number of hydrogen-bond acceptors (Lipinski definition) is 6. The predicted molar refractivity (Wildman–Crippen MR) is 80.3 cm³/mol. The third-order valence-corrected chi connectivity index (χ3v) is 4.12. The number of nitrogens with zero attached hydrogens (tertiary/aromatic N) is 3. The highest BCUT2D eigenvalue weighted by Gasteiger charge is 2.34. The lowest BCUT2D eigenvalue weighted by atomic mass is 9.86. The van der Waals surface area contributed by atoms with Gasteiger partial charge in [0.2, 0.25) is 17.2 Å². The van der Waals surface area contributed by atoms with Gasteiger partial charge in [-0.05, 0) is 37.3 Å². The smallest absolute Gasteiger partial charge is 0.229 e. The third kappa shape index (κ3) is 3.49. The highest BCUT2D eigenvalue weighted by atomic mass is 35.5. The van der Waals surface area contributed by atoms with E-state index < -0.39 is 0 Å². The van der Waals surface area contributed by atoms with Gasteiger partial charge in [0, 0.05) is 19.7 Å². The maximum Gasteiger partial charge on any atom is 0.229 e. The summed E-state index contributed by atoms with van der Waals surface area (Å²) in [5.74, 6) is 0.985. The number of ether oxygens (including phenoxy) is 1. The molecule has 1 atom stereocenters. The second-order valence-electron chi connectivity index (χ2n) is 5.07. The van der Waals surface area contributed by atoms with Gasteiger partial charge in [0.15, 0.2) is 0 Å². The Kier molecular flexibility index (Phi) is 4.99. The molecule has 0 radical (unpaired) electrons. The van der Waals surface area contributed by atoms with Gasteiger partial charge < -0.3 is 15.4 Å². The minimum atomic E-state index is -0.0292. The van der Waals surface area contributed by atoms with Crippen LogP contribution in [0.5, 0.6) is 0 Å². The van der Waals surface area contributed by atoms with Crippen LogP contribution in [0.1, 0.15) is 39.5 Å². The molecule has 0 aliphatic carbocycles. The topological polar surface area (TPSA) is 72.0 Å². The van der Waals surface area contributed by atoms with E-state index in [0.29, 0.717) is 17.9 Å². The molecule has 0 bridgehead atoms. The first kappa shape index (κ1) is 15.3. The summed E-state index contributed by atoms with van der Waals surface area (Å²) < 4.78 is 5.97. The number of halogens is 1. The van der Waals surface area contributed by atoms with Crippen LogP contribution in [0.2, 0.25) is 5.28 Å². The van der Waals surface area contributed by atoms with Crippen molar-refractivity contribution < 1.29 is 4.74 Å². The lowest BCUT2D eigenvalue weighted by Crippen LogP contribution is -2.43. The highest BCUT2D eigenvalue weighted by molar-refractivity contribution is 6.28. The Bertz CT molecular complexity index is 452. The number of hydrogen-bond donors (Lipinski definition) is 2. The molecule has 1 unspecified atom stereocenters. The van der Waals surface area contributed by atoms with Crippen LogP contribution in [0.3, 0.4) is 0 Å². The van der Waals surface area contributed by atoms with E-state index in [1.165, 1.54) is 0 Å². The van der Waals surface area contributed by atoms with Crippen molar-refractivity contribution in [2.45, 2.75) is 51.2 Å². The van der Waals surface area contributed by atoms with Gasteiger partial charge in [0.1, 0.15) is 0 Å².